The molecule has 0 atom stereocenters. The molecule has 30 heavy (non-hydrogen) atoms. The Balaban J connectivity index is 1.44. The average Bonchev–Trinajstić information content (AvgIpc) is 3.13. The van der Waals surface area contributed by atoms with Gasteiger partial charge in [-0.2, -0.15) is 0 Å². The lowest BCUT2D eigenvalue weighted by Crippen LogP contribution is -2.09. The summed E-state index contributed by atoms with van der Waals surface area (Å²) in [5, 5.41) is 0. The van der Waals surface area contributed by atoms with Crippen LogP contribution in [-0.4, -0.2) is 16.2 Å². The second kappa shape index (κ2) is 9.62. The molecule has 3 aromatic carbocycles. The topological polar surface area (TPSA) is 27.1 Å². The first-order chi connectivity index (χ1) is 14.7. The van der Waals surface area contributed by atoms with Crippen LogP contribution in [0.3, 0.4) is 0 Å². The van der Waals surface area contributed by atoms with Crippen LogP contribution in [0.2, 0.25) is 0 Å². The predicted molar refractivity (Wildman–Crippen MR) is 124 cm³/mol. The molecular weight excluding hydrogens is 368 g/mol. The lowest BCUT2D eigenvalue weighted by Gasteiger charge is -2.14. The highest BCUT2D eigenvalue weighted by molar-refractivity contribution is 5.75. The fourth-order valence-electron chi connectivity index (χ4n) is 3.96. The van der Waals surface area contributed by atoms with Gasteiger partial charge in [0.15, 0.2) is 0 Å². The lowest BCUT2D eigenvalue weighted by molar-refractivity contribution is 0.298. The van der Waals surface area contributed by atoms with Crippen LogP contribution in [0.4, 0.5) is 0 Å². The third-order valence-electron chi connectivity index (χ3n) is 5.54. The molecule has 3 nitrogen and oxygen atoms in total. The number of aromatic nitrogens is 2. The van der Waals surface area contributed by atoms with Crippen molar-refractivity contribution in [3.63, 3.8) is 0 Å². The van der Waals surface area contributed by atoms with E-state index in [-0.39, 0.29) is 0 Å². The summed E-state index contributed by atoms with van der Waals surface area (Å²) < 4.78 is 8.52. The number of benzene rings is 3. The van der Waals surface area contributed by atoms with E-state index in [1.54, 1.807) is 0 Å². The Morgan fingerprint density at radius 1 is 0.833 bits per heavy atom. The maximum absolute atomic E-state index is 6.14. The molecule has 0 unspecified atom stereocenters. The number of imidazole rings is 1. The van der Waals surface area contributed by atoms with Gasteiger partial charge in [-0.25, -0.2) is 4.98 Å². The van der Waals surface area contributed by atoms with Crippen LogP contribution in [0.5, 0.6) is 5.75 Å². The highest BCUT2D eigenvalue weighted by atomic mass is 16.5. The summed E-state index contributed by atoms with van der Waals surface area (Å²) in [4.78, 5) is 4.92. The maximum Gasteiger partial charge on any atom is 0.122 e. The molecule has 0 radical (unpaired) electrons. The molecule has 0 spiro atoms. The number of hydrogen-bond acceptors (Lipinski definition) is 2. The van der Waals surface area contributed by atoms with Gasteiger partial charge in [-0.05, 0) is 48.1 Å². The summed E-state index contributed by atoms with van der Waals surface area (Å²) in [5.41, 5.74) is 4.91. The van der Waals surface area contributed by atoms with E-state index in [1.807, 2.05) is 6.07 Å². The highest BCUT2D eigenvalue weighted by Crippen LogP contribution is 2.26. The molecule has 4 aromatic rings. The van der Waals surface area contributed by atoms with E-state index in [9.17, 15) is 0 Å². The van der Waals surface area contributed by atoms with Gasteiger partial charge in [-0.3, -0.25) is 0 Å². The number of para-hydroxylation sites is 3. The van der Waals surface area contributed by atoms with E-state index in [2.05, 4.69) is 91.2 Å². The first-order valence-electron chi connectivity index (χ1n) is 10.9. The van der Waals surface area contributed by atoms with E-state index in [0.29, 0.717) is 12.5 Å². The Morgan fingerprint density at radius 2 is 1.57 bits per heavy atom. The van der Waals surface area contributed by atoms with Crippen LogP contribution in [0.15, 0.2) is 78.9 Å². The molecule has 0 bridgehead atoms. The third kappa shape index (κ3) is 4.73. The molecule has 0 amide bonds. The molecule has 154 valence electrons. The van der Waals surface area contributed by atoms with E-state index in [0.717, 1.165) is 42.9 Å². The Kier molecular flexibility index (Phi) is 6.48. The largest absolute Gasteiger partial charge is 0.493 e. The summed E-state index contributed by atoms with van der Waals surface area (Å²) in [6.07, 6.45) is 2.89. The Hall–Kier alpha value is -3.07. The molecule has 0 N–H and O–H groups in total. The molecule has 3 heteroatoms. The van der Waals surface area contributed by atoms with Gasteiger partial charge in [0.1, 0.15) is 11.6 Å². The quantitative estimate of drug-likeness (QED) is 0.304. The van der Waals surface area contributed by atoms with Crippen molar-refractivity contribution < 1.29 is 4.74 Å². The average molecular weight is 399 g/mol. The summed E-state index contributed by atoms with van der Waals surface area (Å²) in [7, 11) is 0. The smallest absolute Gasteiger partial charge is 0.122 e. The zero-order valence-corrected chi connectivity index (χ0v) is 17.9. The number of rotatable bonds is 9. The predicted octanol–water partition coefficient (Wildman–Crippen LogP) is 6.41. The van der Waals surface area contributed by atoms with Gasteiger partial charge < -0.3 is 9.30 Å². The van der Waals surface area contributed by atoms with Crippen molar-refractivity contribution in [3.05, 3.63) is 95.8 Å². The summed E-state index contributed by atoms with van der Waals surface area (Å²) in [6.45, 7) is 6.03. The van der Waals surface area contributed by atoms with Crippen molar-refractivity contribution in [2.24, 2.45) is 0 Å². The van der Waals surface area contributed by atoms with Crippen molar-refractivity contribution in [3.8, 4) is 5.75 Å². The van der Waals surface area contributed by atoms with Gasteiger partial charge in [-0.1, -0.05) is 74.5 Å². The van der Waals surface area contributed by atoms with Crippen LogP contribution in [-0.2, 0) is 19.4 Å². The molecule has 4 rings (SSSR count). The van der Waals surface area contributed by atoms with Gasteiger partial charge >= 0.3 is 0 Å². The molecule has 1 aromatic heterocycles. The van der Waals surface area contributed by atoms with Crippen molar-refractivity contribution in [2.45, 2.75) is 45.6 Å². The lowest BCUT2D eigenvalue weighted by atomic mass is 10.0. The number of ether oxygens (including phenoxy) is 1. The molecule has 0 saturated carbocycles. The first-order valence-corrected chi connectivity index (χ1v) is 10.9. The number of nitrogens with zero attached hydrogens (tertiary/aromatic N) is 2. The van der Waals surface area contributed by atoms with Gasteiger partial charge in [0, 0.05) is 13.0 Å². The van der Waals surface area contributed by atoms with Crippen LogP contribution >= 0.6 is 0 Å². The van der Waals surface area contributed by atoms with Gasteiger partial charge in [0.2, 0.25) is 0 Å². The number of hydrogen-bond donors (Lipinski definition) is 0. The molecular formula is C27H30N2O. The van der Waals surface area contributed by atoms with E-state index < -0.39 is 0 Å². The second-order valence-corrected chi connectivity index (χ2v) is 8.05. The minimum Gasteiger partial charge on any atom is -0.493 e. The van der Waals surface area contributed by atoms with E-state index >= 15 is 0 Å². The molecule has 0 aliphatic carbocycles. The van der Waals surface area contributed by atoms with Crippen molar-refractivity contribution in [1.29, 1.82) is 0 Å². The monoisotopic (exact) mass is 398 g/mol. The molecule has 0 fully saturated rings. The van der Waals surface area contributed by atoms with Crippen LogP contribution in [0.1, 0.15) is 43.1 Å². The zero-order valence-electron chi connectivity index (χ0n) is 17.9. The normalized spacial score (nSPS) is 11.3. The Morgan fingerprint density at radius 3 is 2.40 bits per heavy atom. The fraction of sp³-hybridized carbons (Fsp3) is 0.296. The number of aryl methyl sites for hydroxylation is 3. The standard InChI is InChI=1S/C27H30N2O/c1-21(2)23-13-6-9-16-26(23)30-20-10-19-29-25-15-8-7-14-24(25)28-27(29)18-17-22-11-4-3-5-12-22/h3-9,11-16,21H,10,17-20H2,1-2H3. The zero-order chi connectivity index (χ0) is 20.8. The third-order valence-corrected chi connectivity index (χ3v) is 5.54. The second-order valence-electron chi connectivity index (χ2n) is 8.05. The summed E-state index contributed by atoms with van der Waals surface area (Å²) >= 11 is 0. The molecule has 0 saturated heterocycles. The summed E-state index contributed by atoms with van der Waals surface area (Å²) in [6, 6.07) is 27.4. The minimum absolute atomic E-state index is 0.461. The molecule has 1 heterocycles. The van der Waals surface area contributed by atoms with Gasteiger partial charge in [-0.15, -0.1) is 0 Å². The van der Waals surface area contributed by atoms with Crippen molar-refractivity contribution >= 4 is 11.0 Å². The SMILES string of the molecule is CC(C)c1ccccc1OCCCn1c(CCc2ccccc2)nc2ccccc21. The van der Waals surface area contributed by atoms with Crippen LogP contribution in [0, 0.1) is 0 Å². The Bertz CT molecular complexity index is 1080. The van der Waals surface area contributed by atoms with Gasteiger partial charge in [0.05, 0.1) is 17.6 Å². The van der Waals surface area contributed by atoms with Crippen LogP contribution in [0.25, 0.3) is 11.0 Å². The minimum atomic E-state index is 0.461. The van der Waals surface area contributed by atoms with Crippen LogP contribution < -0.4 is 4.74 Å². The highest BCUT2D eigenvalue weighted by Gasteiger charge is 2.11. The van der Waals surface area contributed by atoms with Gasteiger partial charge in [0.25, 0.3) is 0 Å². The maximum atomic E-state index is 6.14. The molecule has 0 aliphatic rings. The van der Waals surface area contributed by atoms with Crippen molar-refractivity contribution in [2.75, 3.05) is 6.61 Å². The summed E-state index contributed by atoms with van der Waals surface area (Å²) in [5.74, 6) is 2.62. The molecule has 0 aliphatic heterocycles. The van der Waals surface area contributed by atoms with E-state index in [4.69, 9.17) is 9.72 Å². The van der Waals surface area contributed by atoms with E-state index in [1.165, 1.54) is 16.6 Å². The number of fused-ring (bicyclic) bond motifs is 1. The Labute approximate surface area is 179 Å². The first kappa shape index (κ1) is 20.2. The fourth-order valence-corrected chi connectivity index (χ4v) is 3.96. The van der Waals surface area contributed by atoms with Crippen molar-refractivity contribution in [1.82, 2.24) is 9.55 Å².